The summed E-state index contributed by atoms with van der Waals surface area (Å²) < 4.78 is 11.4. The van der Waals surface area contributed by atoms with E-state index in [4.69, 9.17) is 14.6 Å². The molecule has 1 saturated carbocycles. The van der Waals surface area contributed by atoms with Crippen LogP contribution in [-0.4, -0.2) is 35.8 Å². The second kappa shape index (κ2) is 5.45. The van der Waals surface area contributed by atoms with Gasteiger partial charge in [0.05, 0.1) is 18.8 Å². The lowest BCUT2D eigenvalue weighted by atomic mass is 9.76. The van der Waals surface area contributed by atoms with Crippen LogP contribution in [-0.2, 0) is 21.5 Å². The van der Waals surface area contributed by atoms with Crippen LogP contribution in [0.25, 0.3) is 0 Å². The topological polar surface area (TPSA) is 58.9 Å². The molecule has 1 aromatic carbocycles. The Labute approximate surface area is 119 Å². The first-order valence-electron chi connectivity index (χ1n) is 7.36. The molecule has 0 aromatic heterocycles. The molecule has 110 valence electrons. The summed E-state index contributed by atoms with van der Waals surface area (Å²) in [6.07, 6.45) is 3.38. The number of ether oxygens (including phenoxy) is 2. The van der Waals surface area contributed by atoms with E-state index < -0.39 is 11.4 Å². The van der Waals surface area contributed by atoms with E-state index in [1.54, 1.807) is 0 Å². The fraction of sp³-hybridized carbons (Fsp3) is 0.625. The zero-order chi connectivity index (χ0) is 14.1. The normalized spacial score (nSPS) is 24.1. The van der Waals surface area contributed by atoms with Crippen LogP contribution >= 0.6 is 0 Å². The summed E-state index contributed by atoms with van der Waals surface area (Å²) in [6, 6.07) is 7.90. The molecule has 0 unspecified atom stereocenters. The van der Waals surface area contributed by atoms with Gasteiger partial charge in [0.15, 0.2) is 5.79 Å². The molecule has 4 heteroatoms. The van der Waals surface area contributed by atoms with Crippen molar-refractivity contribution in [1.29, 1.82) is 0 Å². The monoisotopic (exact) mass is 278 g/mol. The first kappa shape index (κ1) is 14.0. The maximum Gasteiger partial charge on any atom is 0.168 e. The number of aliphatic hydroxyl groups is 2. The van der Waals surface area contributed by atoms with Crippen LogP contribution in [0.3, 0.4) is 0 Å². The maximum atomic E-state index is 10.9. The summed E-state index contributed by atoms with van der Waals surface area (Å²) >= 11 is 0. The van der Waals surface area contributed by atoms with E-state index in [0.717, 1.165) is 24.0 Å². The van der Waals surface area contributed by atoms with Crippen LogP contribution in [0.4, 0.5) is 0 Å². The van der Waals surface area contributed by atoms with Gasteiger partial charge in [-0.3, -0.25) is 0 Å². The van der Waals surface area contributed by atoms with E-state index >= 15 is 0 Å². The molecule has 1 aliphatic carbocycles. The molecule has 0 bridgehead atoms. The number of rotatable bonds is 3. The number of aliphatic hydroxyl groups excluding tert-OH is 1. The minimum atomic E-state index is -0.800. The molecular weight excluding hydrogens is 256 g/mol. The van der Waals surface area contributed by atoms with E-state index in [0.29, 0.717) is 32.5 Å². The smallest absolute Gasteiger partial charge is 0.168 e. The third kappa shape index (κ3) is 2.61. The van der Waals surface area contributed by atoms with Crippen molar-refractivity contribution in [3.63, 3.8) is 0 Å². The second-order valence-corrected chi connectivity index (χ2v) is 5.81. The van der Waals surface area contributed by atoms with Crippen LogP contribution in [0.5, 0.6) is 0 Å². The molecule has 1 aliphatic heterocycles. The van der Waals surface area contributed by atoms with Gasteiger partial charge in [-0.1, -0.05) is 24.3 Å². The first-order chi connectivity index (χ1) is 9.66. The van der Waals surface area contributed by atoms with Gasteiger partial charge in [-0.05, 0) is 30.4 Å². The highest BCUT2D eigenvalue weighted by Gasteiger charge is 2.46. The van der Waals surface area contributed by atoms with Crippen molar-refractivity contribution in [2.24, 2.45) is 0 Å². The van der Waals surface area contributed by atoms with Crippen molar-refractivity contribution in [1.82, 2.24) is 0 Å². The van der Waals surface area contributed by atoms with Crippen molar-refractivity contribution < 1.29 is 19.7 Å². The molecule has 1 spiro atoms. The summed E-state index contributed by atoms with van der Waals surface area (Å²) in [5.74, 6) is -0.449. The quantitative estimate of drug-likeness (QED) is 0.884. The molecule has 1 heterocycles. The number of hydrogen-bond acceptors (Lipinski definition) is 4. The largest absolute Gasteiger partial charge is 0.396 e. The Hall–Kier alpha value is -0.940. The standard InChI is InChI=1S/C16H22O4/c17-9-4-13-2-1-3-14(12-13)15(18)5-7-16(8-6-15)19-10-11-20-16/h1-3,12,17-18H,4-11H2. The molecule has 1 aromatic rings. The summed E-state index contributed by atoms with van der Waals surface area (Å²) in [5, 5.41) is 19.9. The Morgan fingerprint density at radius 3 is 2.40 bits per heavy atom. The van der Waals surface area contributed by atoms with Crippen molar-refractivity contribution in [3.05, 3.63) is 35.4 Å². The predicted molar refractivity (Wildman–Crippen MR) is 74.2 cm³/mol. The highest BCUT2D eigenvalue weighted by Crippen LogP contribution is 2.44. The molecule has 2 aliphatic rings. The molecule has 3 rings (SSSR count). The Morgan fingerprint density at radius 1 is 1.05 bits per heavy atom. The molecule has 0 amide bonds. The minimum absolute atomic E-state index is 0.132. The van der Waals surface area contributed by atoms with Gasteiger partial charge in [0.25, 0.3) is 0 Å². The van der Waals surface area contributed by atoms with Crippen LogP contribution in [0.2, 0.25) is 0 Å². The first-order valence-corrected chi connectivity index (χ1v) is 7.36. The fourth-order valence-electron chi connectivity index (χ4n) is 3.26. The second-order valence-electron chi connectivity index (χ2n) is 5.81. The van der Waals surface area contributed by atoms with Gasteiger partial charge in [-0.15, -0.1) is 0 Å². The molecular formula is C16H22O4. The van der Waals surface area contributed by atoms with Crippen molar-refractivity contribution in [2.75, 3.05) is 19.8 Å². The zero-order valence-electron chi connectivity index (χ0n) is 11.7. The van der Waals surface area contributed by atoms with Gasteiger partial charge in [-0.25, -0.2) is 0 Å². The summed E-state index contributed by atoms with van der Waals surface area (Å²) in [4.78, 5) is 0. The van der Waals surface area contributed by atoms with Crippen LogP contribution < -0.4 is 0 Å². The molecule has 2 N–H and O–H groups in total. The summed E-state index contributed by atoms with van der Waals surface area (Å²) in [6.45, 7) is 1.45. The van der Waals surface area contributed by atoms with Crippen LogP contribution in [0.1, 0.15) is 36.8 Å². The Kier molecular flexibility index (Phi) is 3.82. The lowest BCUT2D eigenvalue weighted by molar-refractivity contribution is -0.204. The molecule has 2 fully saturated rings. The van der Waals surface area contributed by atoms with E-state index in [9.17, 15) is 5.11 Å². The third-order valence-electron chi connectivity index (χ3n) is 4.52. The molecule has 0 atom stereocenters. The average molecular weight is 278 g/mol. The Balaban J connectivity index is 1.74. The zero-order valence-corrected chi connectivity index (χ0v) is 11.7. The molecule has 0 radical (unpaired) electrons. The van der Waals surface area contributed by atoms with Crippen molar-refractivity contribution in [3.8, 4) is 0 Å². The predicted octanol–water partition coefficient (Wildman–Crippen LogP) is 1.73. The fourth-order valence-corrected chi connectivity index (χ4v) is 3.26. The lowest BCUT2D eigenvalue weighted by Gasteiger charge is -2.41. The lowest BCUT2D eigenvalue weighted by Crippen LogP contribution is -2.42. The van der Waals surface area contributed by atoms with E-state index in [1.807, 2.05) is 24.3 Å². The van der Waals surface area contributed by atoms with Gasteiger partial charge in [0.2, 0.25) is 0 Å². The molecule has 4 nitrogen and oxygen atoms in total. The third-order valence-corrected chi connectivity index (χ3v) is 4.52. The highest BCUT2D eigenvalue weighted by molar-refractivity contribution is 5.29. The molecule has 20 heavy (non-hydrogen) atoms. The SMILES string of the molecule is OCCc1cccc(C2(O)CCC3(CC2)OCCO3)c1. The van der Waals surface area contributed by atoms with Gasteiger partial charge in [0.1, 0.15) is 0 Å². The Morgan fingerprint density at radius 2 is 1.75 bits per heavy atom. The number of hydrogen-bond donors (Lipinski definition) is 2. The van der Waals surface area contributed by atoms with Gasteiger partial charge >= 0.3 is 0 Å². The summed E-state index contributed by atoms with van der Waals surface area (Å²) in [5.41, 5.74) is 1.20. The number of benzene rings is 1. The van der Waals surface area contributed by atoms with Crippen molar-refractivity contribution in [2.45, 2.75) is 43.5 Å². The van der Waals surface area contributed by atoms with Crippen LogP contribution in [0, 0.1) is 0 Å². The minimum Gasteiger partial charge on any atom is -0.396 e. The van der Waals surface area contributed by atoms with E-state index in [1.165, 1.54) is 0 Å². The van der Waals surface area contributed by atoms with Crippen molar-refractivity contribution >= 4 is 0 Å². The Bertz CT molecular complexity index is 455. The van der Waals surface area contributed by atoms with Gasteiger partial charge in [0, 0.05) is 19.4 Å². The summed E-state index contributed by atoms with van der Waals surface area (Å²) in [7, 11) is 0. The maximum absolute atomic E-state index is 10.9. The average Bonchev–Trinajstić information content (AvgIpc) is 2.92. The van der Waals surface area contributed by atoms with Gasteiger partial charge < -0.3 is 19.7 Å². The van der Waals surface area contributed by atoms with E-state index in [-0.39, 0.29) is 6.61 Å². The van der Waals surface area contributed by atoms with Gasteiger partial charge in [-0.2, -0.15) is 0 Å². The highest BCUT2D eigenvalue weighted by atomic mass is 16.7. The molecule has 1 saturated heterocycles. The van der Waals surface area contributed by atoms with Crippen LogP contribution in [0.15, 0.2) is 24.3 Å². The van der Waals surface area contributed by atoms with E-state index in [2.05, 4.69) is 0 Å².